The van der Waals surface area contributed by atoms with Crippen LogP contribution < -0.4 is 25.4 Å². The lowest BCUT2D eigenvalue weighted by Crippen LogP contribution is -2.31. The molecule has 12 nitrogen and oxygen atoms in total. The Hall–Kier alpha value is -5.73. The maximum Gasteiger partial charge on any atom is 0.476 e. The summed E-state index contributed by atoms with van der Waals surface area (Å²) in [7, 11) is 1.17. The van der Waals surface area contributed by atoms with Crippen molar-refractivity contribution in [3.63, 3.8) is 0 Å². The monoisotopic (exact) mass is 567 g/mol. The van der Waals surface area contributed by atoms with Gasteiger partial charge >= 0.3 is 24.2 Å². The molecule has 3 aromatic carbocycles. The summed E-state index contributed by atoms with van der Waals surface area (Å²) in [5.74, 6) is 0.643. The molecule has 0 saturated heterocycles. The van der Waals surface area contributed by atoms with Crippen LogP contribution in [0.25, 0.3) is 16.7 Å². The van der Waals surface area contributed by atoms with Crippen molar-refractivity contribution in [3.05, 3.63) is 90.2 Å². The molecule has 0 saturated carbocycles. The van der Waals surface area contributed by atoms with E-state index in [9.17, 15) is 28.0 Å². The number of fused-ring (bicyclic) bond motifs is 1. The highest BCUT2D eigenvalue weighted by molar-refractivity contribution is 6.01. The summed E-state index contributed by atoms with van der Waals surface area (Å²) in [5.41, 5.74) is 0.298. The van der Waals surface area contributed by atoms with Crippen LogP contribution in [-0.4, -0.2) is 33.8 Å². The third-order valence-electron chi connectivity index (χ3n) is 5.75. The number of benzene rings is 3. The quantitative estimate of drug-likeness (QED) is 0.155. The molecule has 0 aliphatic heterocycles. The van der Waals surface area contributed by atoms with Crippen LogP contribution >= 0.6 is 0 Å². The number of rotatable bonds is 6. The normalized spacial score (nSPS) is 11.2. The number of anilines is 3. The Morgan fingerprint density at radius 3 is 2.44 bits per heavy atom. The van der Waals surface area contributed by atoms with E-state index in [-0.39, 0.29) is 17.2 Å². The zero-order chi connectivity index (χ0) is 29.1. The number of aromatic amines is 1. The molecule has 210 valence electrons. The fourth-order valence-corrected chi connectivity index (χ4v) is 3.85. The van der Waals surface area contributed by atoms with Crippen LogP contribution in [0.2, 0.25) is 0 Å². The summed E-state index contributed by atoms with van der Waals surface area (Å²) in [4.78, 5) is 30.7. The third kappa shape index (κ3) is 5.98. The molecule has 0 aliphatic carbocycles. The molecule has 5 rings (SSSR count). The lowest BCUT2D eigenvalue weighted by atomic mass is 10.1. The summed E-state index contributed by atoms with van der Waals surface area (Å²) in [6.45, 7) is 0. The predicted molar refractivity (Wildman–Crippen MR) is 141 cm³/mol. The van der Waals surface area contributed by atoms with Crippen molar-refractivity contribution in [1.29, 1.82) is 0 Å². The first kappa shape index (κ1) is 26.9. The van der Waals surface area contributed by atoms with E-state index in [0.717, 1.165) is 12.1 Å². The molecule has 41 heavy (non-hydrogen) atoms. The van der Waals surface area contributed by atoms with Crippen molar-refractivity contribution < 1.29 is 37.0 Å². The van der Waals surface area contributed by atoms with E-state index in [1.807, 2.05) is 0 Å². The summed E-state index contributed by atoms with van der Waals surface area (Å²) >= 11 is 0. The largest absolute Gasteiger partial charge is 0.740 e. The van der Waals surface area contributed by atoms with Crippen molar-refractivity contribution in [1.82, 2.24) is 14.5 Å². The standard InChI is InChI=1S/C26H20F3N7O5/c1-40-25(38)34-23-32-20-13-18(7-9-22(20)36(23)39)41-17-5-3-16(4-6-17)31-24(37)33-19-12-15(26(27,28)29)2-8-21(19)35-11-10-30-14-35/h2-14,32H,1H3,(H,34,38)(H2,31,33,37). The lowest BCUT2D eigenvalue weighted by Gasteiger charge is -2.15. The highest BCUT2D eigenvalue weighted by atomic mass is 19.4. The van der Waals surface area contributed by atoms with Crippen LogP contribution in [0, 0.1) is 5.21 Å². The molecule has 0 unspecified atom stereocenters. The van der Waals surface area contributed by atoms with Gasteiger partial charge in [-0.1, -0.05) is 0 Å². The van der Waals surface area contributed by atoms with Gasteiger partial charge in [0.15, 0.2) is 0 Å². The number of methoxy groups -OCH3 is 1. The van der Waals surface area contributed by atoms with Gasteiger partial charge < -0.3 is 29.9 Å². The number of hydrogen-bond donors (Lipinski definition) is 4. The van der Waals surface area contributed by atoms with Gasteiger partial charge in [0.1, 0.15) is 22.5 Å². The van der Waals surface area contributed by atoms with Gasteiger partial charge in [0.2, 0.25) is 0 Å². The van der Waals surface area contributed by atoms with Crippen molar-refractivity contribution in [3.8, 4) is 17.2 Å². The van der Waals surface area contributed by atoms with E-state index in [1.54, 1.807) is 24.3 Å². The average molecular weight is 567 g/mol. The summed E-state index contributed by atoms with van der Waals surface area (Å²) in [6.07, 6.45) is -1.02. The minimum Gasteiger partial charge on any atom is -0.740 e. The number of hydrogen-bond acceptors (Lipinski definition) is 6. The van der Waals surface area contributed by atoms with E-state index in [2.05, 4.69) is 30.7 Å². The fourth-order valence-electron chi connectivity index (χ4n) is 3.85. The second-order valence-corrected chi connectivity index (χ2v) is 8.47. The third-order valence-corrected chi connectivity index (χ3v) is 5.75. The maximum atomic E-state index is 13.3. The highest BCUT2D eigenvalue weighted by Gasteiger charge is 2.31. The Balaban J connectivity index is 1.27. The minimum atomic E-state index is -4.60. The predicted octanol–water partition coefficient (Wildman–Crippen LogP) is 5.62. The lowest BCUT2D eigenvalue weighted by molar-refractivity contribution is -0.560. The summed E-state index contributed by atoms with van der Waals surface area (Å²) in [6, 6.07) is 13.0. The Bertz CT molecular complexity index is 1720. The van der Waals surface area contributed by atoms with Crippen molar-refractivity contribution in [2.75, 3.05) is 23.1 Å². The van der Waals surface area contributed by atoms with Gasteiger partial charge in [0, 0.05) is 24.1 Å². The number of nitrogens with zero attached hydrogens (tertiary/aromatic N) is 3. The van der Waals surface area contributed by atoms with E-state index in [4.69, 9.17) is 4.74 Å². The molecule has 3 amide bonds. The fraction of sp³-hybridized carbons (Fsp3) is 0.0769. The second kappa shape index (κ2) is 10.8. The van der Waals surface area contributed by atoms with Crippen LogP contribution in [0.4, 0.5) is 40.1 Å². The van der Waals surface area contributed by atoms with E-state index in [0.29, 0.717) is 33.1 Å². The number of amides is 3. The van der Waals surface area contributed by atoms with Gasteiger partial charge in [-0.25, -0.2) is 24.3 Å². The van der Waals surface area contributed by atoms with Crippen LogP contribution in [0.5, 0.6) is 11.5 Å². The topological polar surface area (TPSA) is 149 Å². The summed E-state index contributed by atoms with van der Waals surface area (Å²) in [5, 5.41) is 19.6. The summed E-state index contributed by atoms with van der Waals surface area (Å²) < 4.78 is 52.1. The molecule has 0 spiro atoms. The van der Waals surface area contributed by atoms with Crippen LogP contribution in [-0.2, 0) is 10.9 Å². The number of nitrogens with one attached hydrogen (secondary N) is 4. The molecule has 0 bridgehead atoms. The van der Waals surface area contributed by atoms with Gasteiger partial charge in [-0.3, -0.25) is 0 Å². The van der Waals surface area contributed by atoms with E-state index in [1.165, 1.54) is 54.7 Å². The minimum absolute atomic E-state index is 0.0701. The molecule has 15 heteroatoms. The molecule has 0 radical (unpaired) electrons. The van der Waals surface area contributed by atoms with Crippen molar-refractivity contribution in [2.45, 2.75) is 6.18 Å². The zero-order valence-electron chi connectivity index (χ0n) is 21.0. The van der Waals surface area contributed by atoms with Gasteiger partial charge in [0.05, 0.1) is 30.4 Å². The maximum absolute atomic E-state index is 13.3. The van der Waals surface area contributed by atoms with Gasteiger partial charge in [-0.2, -0.15) is 18.5 Å². The zero-order valence-corrected chi connectivity index (χ0v) is 21.0. The first-order valence-electron chi connectivity index (χ1n) is 11.8. The van der Waals surface area contributed by atoms with Gasteiger partial charge in [-0.15, -0.1) is 0 Å². The molecule has 2 aromatic heterocycles. The van der Waals surface area contributed by atoms with Crippen LogP contribution in [0.15, 0.2) is 79.4 Å². The number of aromatic nitrogens is 4. The van der Waals surface area contributed by atoms with Gasteiger partial charge in [-0.05, 0) is 54.6 Å². The Kier molecular flexibility index (Phi) is 7.07. The average Bonchev–Trinajstić information content (AvgIpc) is 3.57. The Morgan fingerprint density at radius 1 is 1.00 bits per heavy atom. The van der Waals surface area contributed by atoms with E-state index < -0.39 is 23.9 Å². The molecular weight excluding hydrogens is 547 g/mol. The first-order valence-corrected chi connectivity index (χ1v) is 11.8. The highest BCUT2D eigenvalue weighted by Crippen LogP contribution is 2.33. The first-order chi connectivity index (χ1) is 19.6. The van der Waals surface area contributed by atoms with Crippen molar-refractivity contribution in [2.24, 2.45) is 0 Å². The Labute approximate surface area is 228 Å². The number of urea groups is 1. The number of carbonyl (C=O) groups excluding carboxylic acids is 2. The molecule has 5 aromatic rings. The molecule has 0 atom stereocenters. The molecule has 0 aliphatic rings. The molecule has 4 N–H and O–H groups in total. The smallest absolute Gasteiger partial charge is 0.476 e. The van der Waals surface area contributed by atoms with Crippen LogP contribution in [0.3, 0.4) is 0 Å². The second-order valence-electron chi connectivity index (χ2n) is 8.47. The number of H-pyrrole nitrogens is 1. The SMILES string of the molecule is COC(=O)Nc1[nH]c2cc(Oc3ccc(NC(=O)Nc4cc(C(F)(F)F)ccc4-n4ccnc4)cc3)ccc2[n+]1[O-]. The van der Waals surface area contributed by atoms with E-state index >= 15 is 0 Å². The molecular formula is C26H20F3N7O5. The number of imidazole rings is 2. The number of carbonyl (C=O) groups is 2. The van der Waals surface area contributed by atoms with Gasteiger partial charge in [0.25, 0.3) is 0 Å². The number of halogens is 3. The van der Waals surface area contributed by atoms with Crippen LogP contribution in [0.1, 0.15) is 5.56 Å². The molecule has 0 fully saturated rings. The van der Waals surface area contributed by atoms with Crippen molar-refractivity contribution >= 4 is 40.5 Å². The Morgan fingerprint density at radius 2 is 1.76 bits per heavy atom. The number of ether oxygens (including phenoxy) is 2. The molecule has 2 heterocycles. The number of alkyl halides is 3.